The Kier molecular flexibility index (Phi) is 4.74. The lowest BCUT2D eigenvalue weighted by Gasteiger charge is -2.34. The van der Waals surface area contributed by atoms with Gasteiger partial charge in [0, 0.05) is 17.9 Å². The number of hydrogen-bond donors (Lipinski definition) is 1. The van der Waals surface area contributed by atoms with E-state index in [1.807, 2.05) is 47.4 Å². The fraction of sp³-hybridized carbons (Fsp3) is 0.391. The van der Waals surface area contributed by atoms with Gasteiger partial charge in [-0.25, -0.2) is 0 Å². The summed E-state index contributed by atoms with van der Waals surface area (Å²) in [6, 6.07) is 17.6. The second-order valence-electron chi connectivity index (χ2n) is 8.56. The summed E-state index contributed by atoms with van der Waals surface area (Å²) in [5.41, 5.74) is 3.17. The molecule has 2 aromatic rings. The second kappa shape index (κ2) is 6.96. The van der Waals surface area contributed by atoms with Crippen LogP contribution in [0.2, 0.25) is 0 Å². The Balaban J connectivity index is 1.55. The van der Waals surface area contributed by atoms with Gasteiger partial charge in [0.05, 0.1) is 0 Å². The third kappa shape index (κ3) is 3.22. The summed E-state index contributed by atoms with van der Waals surface area (Å²) in [5.74, 6) is 0.577. The number of fused-ring (bicyclic) bond motifs is 1. The van der Waals surface area contributed by atoms with Gasteiger partial charge in [-0.2, -0.15) is 0 Å². The molecule has 2 saturated heterocycles. The molecule has 0 unspecified atom stereocenters. The van der Waals surface area contributed by atoms with Gasteiger partial charge in [-0.05, 0) is 35.1 Å². The van der Waals surface area contributed by atoms with Crippen LogP contribution in [0.5, 0.6) is 0 Å². The maximum atomic E-state index is 13.0. The Morgan fingerprint density at radius 1 is 1.11 bits per heavy atom. The standard InChI is InChI=1S/C23H26N2O2S/c1-22(2,3)16-9-11-18(12-10-16)24-21(27)19-15-28-23(14-13-20(26)25(19)23)17-7-5-4-6-8-17/h4-12,19H,13-15H2,1-3H3,(H,24,27)/t19-,23+/m0/s1. The molecule has 146 valence electrons. The van der Waals surface area contributed by atoms with E-state index in [1.54, 1.807) is 11.8 Å². The van der Waals surface area contributed by atoms with Crippen LogP contribution in [0.15, 0.2) is 54.6 Å². The number of nitrogens with one attached hydrogen (secondary N) is 1. The molecule has 0 aliphatic carbocycles. The summed E-state index contributed by atoms with van der Waals surface area (Å²) in [6.45, 7) is 6.50. The Labute approximate surface area is 170 Å². The van der Waals surface area contributed by atoms with E-state index in [-0.39, 0.29) is 17.2 Å². The highest BCUT2D eigenvalue weighted by Crippen LogP contribution is 2.54. The van der Waals surface area contributed by atoms with Gasteiger partial charge < -0.3 is 10.2 Å². The predicted molar refractivity (Wildman–Crippen MR) is 114 cm³/mol. The fourth-order valence-electron chi connectivity index (χ4n) is 4.11. The van der Waals surface area contributed by atoms with Gasteiger partial charge in [0.2, 0.25) is 11.8 Å². The van der Waals surface area contributed by atoms with Crippen molar-refractivity contribution in [1.29, 1.82) is 0 Å². The number of hydrogen-bond acceptors (Lipinski definition) is 3. The molecule has 1 N–H and O–H groups in total. The molecule has 2 fully saturated rings. The van der Waals surface area contributed by atoms with Crippen molar-refractivity contribution in [3.63, 3.8) is 0 Å². The van der Waals surface area contributed by atoms with E-state index in [4.69, 9.17) is 0 Å². The largest absolute Gasteiger partial charge is 0.324 e. The molecule has 2 heterocycles. The van der Waals surface area contributed by atoms with Crippen molar-refractivity contribution in [2.45, 2.75) is 49.9 Å². The Bertz CT molecular complexity index is 889. The van der Waals surface area contributed by atoms with Crippen molar-refractivity contribution < 1.29 is 9.59 Å². The SMILES string of the molecule is CC(C)(C)c1ccc(NC(=O)[C@@H]2CS[C@@]3(c4ccccc4)CCC(=O)N23)cc1. The molecule has 0 spiro atoms. The molecular weight excluding hydrogens is 368 g/mol. The average Bonchev–Trinajstić information content (AvgIpc) is 3.22. The highest BCUT2D eigenvalue weighted by Gasteiger charge is 2.56. The lowest BCUT2D eigenvalue weighted by atomic mass is 9.87. The number of carbonyl (C=O) groups excluding carboxylic acids is 2. The van der Waals surface area contributed by atoms with Crippen molar-refractivity contribution in [3.8, 4) is 0 Å². The number of benzene rings is 2. The zero-order valence-electron chi connectivity index (χ0n) is 16.6. The van der Waals surface area contributed by atoms with Crippen LogP contribution >= 0.6 is 11.8 Å². The monoisotopic (exact) mass is 394 g/mol. The summed E-state index contributed by atoms with van der Waals surface area (Å²) in [5, 5.41) is 3.02. The quantitative estimate of drug-likeness (QED) is 0.833. The van der Waals surface area contributed by atoms with Gasteiger partial charge >= 0.3 is 0 Å². The molecule has 28 heavy (non-hydrogen) atoms. The minimum Gasteiger partial charge on any atom is -0.324 e. The Morgan fingerprint density at radius 2 is 1.79 bits per heavy atom. The number of amides is 2. The Hall–Kier alpha value is -2.27. The van der Waals surface area contributed by atoms with Crippen LogP contribution in [0.1, 0.15) is 44.7 Å². The van der Waals surface area contributed by atoms with E-state index in [1.165, 1.54) is 5.56 Å². The molecule has 2 atom stereocenters. The average molecular weight is 395 g/mol. The number of nitrogens with zero attached hydrogens (tertiary/aromatic N) is 1. The maximum absolute atomic E-state index is 13.0. The lowest BCUT2D eigenvalue weighted by Crippen LogP contribution is -2.48. The van der Waals surface area contributed by atoms with E-state index in [0.717, 1.165) is 17.7 Å². The second-order valence-corrected chi connectivity index (χ2v) is 9.85. The van der Waals surface area contributed by atoms with Gasteiger partial charge in [-0.3, -0.25) is 9.59 Å². The molecule has 2 aliphatic rings. The van der Waals surface area contributed by atoms with E-state index in [2.05, 4.69) is 38.2 Å². The molecule has 2 aliphatic heterocycles. The first-order valence-electron chi connectivity index (χ1n) is 9.74. The van der Waals surface area contributed by atoms with Gasteiger partial charge in [-0.15, -0.1) is 11.8 Å². The Morgan fingerprint density at radius 3 is 2.43 bits per heavy atom. The summed E-state index contributed by atoms with van der Waals surface area (Å²) < 4.78 is 0. The zero-order chi connectivity index (χ0) is 19.9. The molecule has 0 aromatic heterocycles. The molecular formula is C23H26N2O2S. The van der Waals surface area contributed by atoms with Crippen molar-refractivity contribution in [2.24, 2.45) is 0 Å². The van der Waals surface area contributed by atoms with Crippen molar-refractivity contribution >= 4 is 29.3 Å². The van der Waals surface area contributed by atoms with Crippen LogP contribution in [0.25, 0.3) is 0 Å². The van der Waals surface area contributed by atoms with E-state index in [9.17, 15) is 9.59 Å². The first-order valence-corrected chi connectivity index (χ1v) is 10.7. The topological polar surface area (TPSA) is 49.4 Å². The minimum atomic E-state index is -0.442. The number of thioether (sulfide) groups is 1. The van der Waals surface area contributed by atoms with Crippen LogP contribution < -0.4 is 5.32 Å². The van der Waals surface area contributed by atoms with Crippen molar-refractivity contribution in [3.05, 3.63) is 65.7 Å². The van der Waals surface area contributed by atoms with Crippen LogP contribution in [0.4, 0.5) is 5.69 Å². The first-order chi connectivity index (χ1) is 13.3. The van der Waals surface area contributed by atoms with Crippen LogP contribution in [0, 0.1) is 0 Å². The molecule has 4 rings (SSSR count). The van der Waals surface area contributed by atoms with E-state index in [0.29, 0.717) is 12.2 Å². The van der Waals surface area contributed by atoms with Crippen LogP contribution in [0.3, 0.4) is 0 Å². The van der Waals surface area contributed by atoms with Gasteiger partial charge in [0.25, 0.3) is 0 Å². The summed E-state index contributed by atoms with van der Waals surface area (Å²) in [7, 11) is 0. The van der Waals surface area contributed by atoms with Crippen molar-refractivity contribution in [1.82, 2.24) is 4.90 Å². The molecule has 0 bridgehead atoms. The molecule has 2 amide bonds. The van der Waals surface area contributed by atoms with Crippen LogP contribution in [-0.2, 0) is 19.9 Å². The summed E-state index contributed by atoms with van der Waals surface area (Å²) in [4.78, 5) is 27.1. The van der Waals surface area contributed by atoms with Gasteiger partial charge in [-0.1, -0.05) is 63.2 Å². The van der Waals surface area contributed by atoms with Crippen molar-refractivity contribution in [2.75, 3.05) is 11.1 Å². The normalized spacial score (nSPS) is 24.3. The van der Waals surface area contributed by atoms with E-state index < -0.39 is 10.9 Å². The molecule has 2 aromatic carbocycles. The van der Waals surface area contributed by atoms with Gasteiger partial charge in [0.1, 0.15) is 10.9 Å². The predicted octanol–water partition coefficient (Wildman–Crippen LogP) is 4.51. The molecule has 0 radical (unpaired) electrons. The third-order valence-corrected chi connectivity index (χ3v) is 7.27. The smallest absolute Gasteiger partial charge is 0.248 e. The fourth-order valence-corrected chi connectivity index (χ4v) is 5.77. The zero-order valence-corrected chi connectivity index (χ0v) is 17.4. The highest BCUT2D eigenvalue weighted by molar-refractivity contribution is 8.00. The van der Waals surface area contributed by atoms with E-state index >= 15 is 0 Å². The number of rotatable bonds is 3. The number of carbonyl (C=O) groups is 2. The third-order valence-electron chi connectivity index (χ3n) is 5.67. The first kappa shape index (κ1) is 19.1. The molecule has 4 nitrogen and oxygen atoms in total. The lowest BCUT2D eigenvalue weighted by molar-refractivity contribution is -0.136. The molecule has 0 saturated carbocycles. The maximum Gasteiger partial charge on any atom is 0.248 e. The number of anilines is 1. The van der Waals surface area contributed by atoms with Crippen LogP contribution in [-0.4, -0.2) is 28.5 Å². The minimum absolute atomic E-state index is 0.0667. The van der Waals surface area contributed by atoms with Gasteiger partial charge in [0.15, 0.2) is 0 Å². The summed E-state index contributed by atoms with van der Waals surface area (Å²) in [6.07, 6.45) is 1.25. The molecule has 5 heteroatoms. The highest BCUT2D eigenvalue weighted by atomic mass is 32.2. The summed E-state index contributed by atoms with van der Waals surface area (Å²) >= 11 is 1.71.